The molecular weight excluding hydrogens is 496 g/mol. The molecule has 0 fully saturated rings. The van der Waals surface area contributed by atoms with Crippen LogP contribution in [0.5, 0.6) is 5.75 Å². The number of fused-ring (bicyclic) bond motifs is 1. The van der Waals surface area contributed by atoms with E-state index in [0.29, 0.717) is 16.7 Å². The van der Waals surface area contributed by atoms with E-state index in [1.165, 1.54) is 17.0 Å². The Balaban J connectivity index is 2.00. The number of hydrogen-bond donors (Lipinski definition) is 1. The molecule has 37 heavy (non-hydrogen) atoms. The summed E-state index contributed by atoms with van der Waals surface area (Å²) in [4.78, 5) is 29.8. The highest BCUT2D eigenvalue weighted by atomic mass is 32.2. The molecule has 200 valence electrons. The van der Waals surface area contributed by atoms with E-state index in [0.717, 1.165) is 0 Å². The molecule has 3 aromatic rings. The standard InChI is InChI=1S/C27H34N2O7S/c1-26(2,3)35-24(30)21-19-14-11-15-20(34-17-16-29(7)25(31)36-27(4,5)6)22(19)28-23(21)37(32,33)18-12-9-8-10-13-18/h8-15,28H,16-17H2,1-7H3. The van der Waals surface area contributed by atoms with Crippen molar-refractivity contribution in [1.29, 1.82) is 0 Å². The van der Waals surface area contributed by atoms with Gasteiger partial charge in [0.05, 0.1) is 17.0 Å². The van der Waals surface area contributed by atoms with Crippen LogP contribution in [0.3, 0.4) is 0 Å². The van der Waals surface area contributed by atoms with Crippen LogP contribution >= 0.6 is 0 Å². The first-order valence-electron chi connectivity index (χ1n) is 11.9. The Morgan fingerprint density at radius 3 is 2.11 bits per heavy atom. The predicted octanol–water partition coefficient (Wildman–Crippen LogP) is 5.20. The van der Waals surface area contributed by atoms with Crippen molar-refractivity contribution in [3.05, 3.63) is 54.1 Å². The first kappa shape index (κ1) is 28.0. The fourth-order valence-electron chi connectivity index (χ4n) is 3.46. The molecule has 0 bridgehead atoms. The van der Waals surface area contributed by atoms with Crippen molar-refractivity contribution in [3.8, 4) is 5.75 Å². The van der Waals surface area contributed by atoms with E-state index in [-0.39, 0.29) is 28.6 Å². The topological polar surface area (TPSA) is 115 Å². The van der Waals surface area contributed by atoms with Crippen LogP contribution in [0.4, 0.5) is 4.79 Å². The second kappa shape index (κ2) is 10.5. The lowest BCUT2D eigenvalue weighted by atomic mass is 10.1. The molecular formula is C27H34N2O7S. The molecule has 1 N–H and O–H groups in total. The number of aromatic nitrogens is 1. The van der Waals surface area contributed by atoms with Gasteiger partial charge in [-0.05, 0) is 59.7 Å². The molecule has 0 unspecified atom stereocenters. The van der Waals surface area contributed by atoms with E-state index < -0.39 is 33.1 Å². The molecule has 0 atom stereocenters. The number of para-hydroxylation sites is 1. The van der Waals surface area contributed by atoms with Crippen molar-refractivity contribution in [2.45, 2.75) is 62.7 Å². The largest absolute Gasteiger partial charge is 0.490 e. The van der Waals surface area contributed by atoms with Crippen LogP contribution in [-0.2, 0) is 19.3 Å². The molecule has 9 nitrogen and oxygen atoms in total. The average molecular weight is 531 g/mol. The van der Waals surface area contributed by atoms with Gasteiger partial charge in [-0.25, -0.2) is 18.0 Å². The monoisotopic (exact) mass is 530 g/mol. The van der Waals surface area contributed by atoms with Crippen LogP contribution in [0, 0.1) is 0 Å². The molecule has 0 spiro atoms. The molecule has 0 aliphatic rings. The summed E-state index contributed by atoms with van der Waals surface area (Å²) in [5, 5.41) is 0.0756. The molecule has 0 aliphatic heterocycles. The van der Waals surface area contributed by atoms with Crippen LogP contribution in [-0.4, -0.2) is 61.8 Å². The fraction of sp³-hybridized carbons (Fsp3) is 0.407. The second-order valence-electron chi connectivity index (χ2n) is 10.6. The zero-order valence-electron chi connectivity index (χ0n) is 22.2. The lowest BCUT2D eigenvalue weighted by molar-refractivity contribution is 0.00668. The number of carbonyl (C=O) groups is 2. The Kier molecular flexibility index (Phi) is 7.92. The molecule has 0 saturated heterocycles. The molecule has 3 rings (SSSR count). The van der Waals surface area contributed by atoms with Gasteiger partial charge in [-0.3, -0.25) is 0 Å². The minimum absolute atomic E-state index is 0.0350. The van der Waals surface area contributed by atoms with E-state index in [4.69, 9.17) is 14.2 Å². The summed E-state index contributed by atoms with van der Waals surface area (Å²) in [5.74, 6) is -0.440. The highest BCUT2D eigenvalue weighted by molar-refractivity contribution is 7.91. The number of sulfone groups is 1. The zero-order valence-corrected chi connectivity index (χ0v) is 23.1. The van der Waals surface area contributed by atoms with Crippen molar-refractivity contribution < 1.29 is 32.2 Å². The number of carbonyl (C=O) groups excluding carboxylic acids is 2. The number of nitrogens with zero attached hydrogens (tertiary/aromatic N) is 1. The molecule has 0 saturated carbocycles. The summed E-state index contributed by atoms with van der Waals surface area (Å²) in [6.45, 7) is 10.8. The van der Waals surface area contributed by atoms with Crippen LogP contribution in [0.1, 0.15) is 51.9 Å². The van der Waals surface area contributed by atoms with Crippen molar-refractivity contribution in [3.63, 3.8) is 0 Å². The summed E-state index contributed by atoms with van der Waals surface area (Å²) >= 11 is 0. The van der Waals surface area contributed by atoms with Crippen LogP contribution in [0.2, 0.25) is 0 Å². The predicted molar refractivity (Wildman–Crippen MR) is 140 cm³/mol. The lowest BCUT2D eigenvalue weighted by Crippen LogP contribution is -2.36. The zero-order chi connectivity index (χ0) is 27.6. The number of H-pyrrole nitrogens is 1. The molecule has 0 aliphatic carbocycles. The summed E-state index contributed by atoms with van der Waals surface area (Å²) in [6, 6.07) is 12.8. The van der Waals surface area contributed by atoms with Gasteiger partial charge in [-0.15, -0.1) is 0 Å². The quantitative estimate of drug-likeness (QED) is 0.417. The van der Waals surface area contributed by atoms with E-state index in [9.17, 15) is 18.0 Å². The molecule has 1 aromatic heterocycles. The van der Waals surface area contributed by atoms with Crippen molar-refractivity contribution in [2.75, 3.05) is 20.2 Å². The van der Waals surface area contributed by atoms with Gasteiger partial charge in [0.2, 0.25) is 9.84 Å². The van der Waals surface area contributed by atoms with Gasteiger partial charge < -0.3 is 24.1 Å². The normalized spacial score (nSPS) is 12.3. The van der Waals surface area contributed by atoms with E-state index >= 15 is 0 Å². The Hall–Kier alpha value is -3.53. The Morgan fingerprint density at radius 2 is 1.51 bits per heavy atom. The fourth-order valence-corrected chi connectivity index (χ4v) is 4.91. The summed E-state index contributed by atoms with van der Waals surface area (Å²) < 4.78 is 43.9. The smallest absolute Gasteiger partial charge is 0.410 e. The number of rotatable bonds is 7. The third-order valence-corrected chi connectivity index (χ3v) is 6.81. The number of benzene rings is 2. The molecule has 2 aromatic carbocycles. The van der Waals surface area contributed by atoms with Crippen LogP contribution in [0.25, 0.3) is 10.9 Å². The Morgan fingerprint density at radius 1 is 0.892 bits per heavy atom. The van der Waals surface area contributed by atoms with Crippen LogP contribution < -0.4 is 4.74 Å². The van der Waals surface area contributed by atoms with E-state index in [1.54, 1.807) is 85.0 Å². The maximum Gasteiger partial charge on any atom is 0.410 e. The van der Waals surface area contributed by atoms with Gasteiger partial charge in [0, 0.05) is 12.4 Å². The minimum atomic E-state index is -4.09. The summed E-state index contributed by atoms with van der Waals surface area (Å²) in [6.07, 6.45) is -0.488. The van der Waals surface area contributed by atoms with Crippen molar-refractivity contribution in [2.24, 2.45) is 0 Å². The molecule has 1 amide bonds. The molecule has 0 radical (unpaired) electrons. The molecule has 1 heterocycles. The maximum absolute atomic E-state index is 13.6. The van der Waals surface area contributed by atoms with E-state index in [2.05, 4.69) is 4.98 Å². The minimum Gasteiger partial charge on any atom is -0.490 e. The number of esters is 1. The summed E-state index contributed by atoms with van der Waals surface area (Å²) in [5.41, 5.74) is -1.22. The van der Waals surface area contributed by atoms with Crippen LogP contribution in [0.15, 0.2) is 58.5 Å². The van der Waals surface area contributed by atoms with Crippen molar-refractivity contribution in [1.82, 2.24) is 9.88 Å². The number of hydrogen-bond acceptors (Lipinski definition) is 7. The number of ether oxygens (including phenoxy) is 3. The number of likely N-dealkylation sites (N-methyl/N-ethyl adjacent to an activating group) is 1. The third kappa shape index (κ3) is 6.82. The van der Waals surface area contributed by atoms with Crippen molar-refractivity contribution >= 4 is 32.8 Å². The number of amides is 1. The second-order valence-corrected chi connectivity index (χ2v) is 12.5. The van der Waals surface area contributed by atoms with Gasteiger partial charge in [0.15, 0.2) is 5.03 Å². The lowest BCUT2D eigenvalue weighted by Gasteiger charge is -2.24. The van der Waals surface area contributed by atoms with Gasteiger partial charge in [0.25, 0.3) is 0 Å². The van der Waals surface area contributed by atoms with E-state index in [1.807, 2.05) is 0 Å². The Bertz CT molecular complexity index is 1380. The third-order valence-electron chi connectivity index (χ3n) is 5.08. The maximum atomic E-state index is 13.6. The average Bonchev–Trinajstić information content (AvgIpc) is 3.19. The SMILES string of the molecule is CN(CCOc1cccc2c(C(=O)OC(C)(C)C)c(S(=O)(=O)c3ccccc3)[nH]c12)C(=O)OC(C)(C)C. The Labute approximate surface area is 217 Å². The summed E-state index contributed by atoms with van der Waals surface area (Å²) in [7, 11) is -2.50. The molecule has 10 heteroatoms. The highest BCUT2D eigenvalue weighted by Crippen LogP contribution is 2.35. The van der Waals surface area contributed by atoms with Gasteiger partial charge in [-0.1, -0.05) is 30.3 Å². The first-order chi connectivity index (χ1) is 17.1. The van der Waals surface area contributed by atoms with Gasteiger partial charge in [-0.2, -0.15) is 0 Å². The number of nitrogens with one attached hydrogen (secondary N) is 1. The first-order valence-corrected chi connectivity index (χ1v) is 13.3. The van der Waals surface area contributed by atoms with Gasteiger partial charge >= 0.3 is 12.1 Å². The number of aromatic amines is 1. The van der Waals surface area contributed by atoms with Gasteiger partial charge in [0.1, 0.15) is 29.1 Å². The highest BCUT2D eigenvalue weighted by Gasteiger charge is 2.32.